The summed E-state index contributed by atoms with van der Waals surface area (Å²) in [4.78, 5) is 54.1. The number of pyridine rings is 1. The maximum atomic E-state index is 11.7. The maximum absolute atomic E-state index is 11.7. The van der Waals surface area contributed by atoms with Gasteiger partial charge in [0, 0.05) is 24.5 Å². The molecule has 15 nitrogen and oxygen atoms in total. The second-order valence-corrected chi connectivity index (χ2v) is 10.8. The van der Waals surface area contributed by atoms with Gasteiger partial charge in [0.25, 0.3) is 15.6 Å². The topological polar surface area (TPSA) is 238 Å². The number of nitrogens with zero attached hydrogens (tertiary/aromatic N) is 4. The van der Waals surface area contributed by atoms with E-state index in [0.717, 1.165) is 0 Å². The van der Waals surface area contributed by atoms with E-state index in [1.54, 1.807) is 35.2 Å². The molecule has 174 valence electrons. The number of nitrogens with two attached hydrogens (primary N) is 1. The van der Waals surface area contributed by atoms with Crippen LogP contribution < -0.4 is 139 Å². The largest absolute Gasteiger partial charge is 1.00 e. The van der Waals surface area contributed by atoms with Gasteiger partial charge in [-0.2, -0.15) is 0 Å². The average molecular weight is 598 g/mol. The number of anilines is 1. The van der Waals surface area contributed by atoms with E-state index in [1.807, 2.05) is 0 Å². The van der Waals surface area contributed by atoms with E-state index in [1.165, 1.54) is 6.33 Å². The Morgan fingerprint density at radius 1 is 1.00 bits per heavy atom. The Morgan fingerprint density at radius 2 is 1.67 bits per heavy atom. The smallest absolute Gasteiger partial charge is 0.777 e. The van der Waals surface area contributed by atoms with Crippen molar-refractivity contribution in [3.8, 4) is 11.3 Å². The molecule has 3 aromatic heterocycles. The zero-order valence-electron chi connectivity index (χ0n) is 19.9. The fraction of sp³-hybridized carbons (Fsp3) is 0.214. The zero-order chi connectivity index (χ0) is 23.6. The Kier molecular flexibility index (Phi) is 19.0. The molecule has 3 aromatic rings. The predicted octanol–water partition coefficient (Wildman–Crippen LogP) is -12.4. The van der Waals surface area contributed by atoms with Crippen molar-refractivity contribution in [3.63, 3.8) is 0 Å². The fourth-order valence-corrected chi connectivity index (χ4v) is 5.85. The molecule has 0 aliphatic heterocycles. The van der Waals surface area contributed by atoms with E-state index in [4.69, 9.17) is 15.4 Å². The number of hydrogen-bond acceptors (Lipinski definition) is 13. The van der Waals surface area contributed by atoms with Crippen molar-refractivity contribution in [1.29, 1.82) is 0 Å². The predicted molar refractivity (Wildman–Crippen MR) is 103 cm³/mol. The van der Waals surface area contributed by atoms with Gasteiger partial charge < -0.3 is 39.2 Å². The van der Waals surface area contributed by atoms with Crippen LogP contribution >= 0.6 is 23.2 Å². The number of fused-ring (bicyclic) bond motifs is 1. The number of aromatic nitrogens is 4. The van der Waals surface area contributed by atoms with Crippen LogP contribution in [0.1, 0.15) is 0 Å². The Labute approximate surface area is 293 Å². The van der Waals surface area contributed by atoms with Crippen LogP contribution in [0, 0.1) is 0 Å². The maximum Gasteiger partial charge on any atom is 1.00 e. The zero-order valence-corrected chi connectivity index (χ0v) is 30.6. The van der Waals surface area contributed by atoms with Crippen LogP contribution in [0.4, 0.5) is 5.82 Å². The monoisotopic (exact) mass is 598 g/mol. The molecule has 0 saturated carbocycles. The van der Waals surface area contributed by atoms with Crippen molar-refractivity contribution >= 4 is 40.1 Å². The van der Waals surface area contributed by atoms with E-state index in [9.17, 15) is 28.4 Å². The summed E-state index contributed by atoms with van der Waals surface area (Å²) >= 11 is 0. The van der Waals surface area contributed by atoms with Crippen LogP contribution in [0.5, 0.6) is 0 Å². The third-order valence-corrected chi connectivity index (χ3v) is 7.70. The summed E-state index contributed by atoms with van der Waals surface area (Å²) in [5.41, 5.74) is 7.63. The molecule has 0 bridgehead atoms. The molecule has 3 N–H and O–H groups in total. The number of nitrogen functional groups attached to an aromatic ring is 1. The van der Waals surface area contributed by atoms with Crippen LogP contribution in [0.2, 0.25) is 0 Å². The van der Waals surface area contributed by atoms with Gasteiger partial charge in [0.15, 0.2) is 7.60 Å². The quantitative estimate of drug-likeness (QED) is 0.125. The minimum atomic E-state index is -5.89. The van der Waals surface area contributed by atoms with Crippen molar-refractivity contribution in [1.82, 2.24) is 19.5 Å². The number of hydrogen-bond donors (Lipinski definition) is 2. The summed E-state index contributed by atoms with van der Waals surface area (Å²) in [5.74, 6) is 0.207. The van der Waals surface area contributed by atoms with Gasteiger partial charge in [-0.1, -0.05) is 6.07 Å². The van der Waals surface area contributed by atoms with E-state index in [2.05, 4.69) is 23.6 Å². The van der Waals surface area contributed by atoms with Gasteiger partial charge in [0.2, 0.25) is 0 Å². The van der Waals surface area contributed by atoms with Crippen molar-refractivity contribution in [3.05, 3.63) is 36.9 Å². The van der Waals surface area contributed by atoms with Gasteiger partial charge in [-0.05, 0) is 12.1 Å². The second-order valence-electron chi connectivity index (χ2n) is 6.14. The molecular formula is C14H15N5Na4O10P3+. The first-order valence-electron chi connectivity index (χ1n) is 8.53. The summed E-state index contributed by atoms with van der Waals surface area (Å²) in [6.07, 6.45) is 3.29. The molecule has 0 aromatic carbocycles. The molecule has 0 saturated heterocycles. The molecule has 0 aliphatic carbocycles. The third-order valence-electron chi connectivity index (χ3n) is 3.78. The molecule has 0 aliphatic rings. The Bertz CT molecular complexity index is 1260. The summed E-state index contributed by atoms with van der Waals surface area (Å²) in [5, 5.41) is 0.527. The van der Waals surface area contributed by atoms with Crippen LogP contribution in [-0.2, 0) is 33.6 Å². The van der Waals surface area contributed by atoms with Gasteiger partial charge in [-0.3, -0.25) is 18.4 Å². The fourth-order valence-electron chi connectivity index (χ4n) is 2.69. The minimum absolute atomic E-state index is 0. The average Bonchev–Trinajstić information content (AvgIpc) is 3.03. The summed E-state index contributed by atoms with van der Waals surface area (Å²) < 4.78 is 46.8. The van der Waals surface area contributed by atoms with Gasteiger partial charge in [0.1, 0.15) is 24.1 Å². The first kappa shape index (κ1) is 40.1. The second kappa shape index (κ2) is 17.1. The molecule has 0 spiro atoms. The van der Waals surface area contributed by atoms with Crippen LogP contribution in [-0.4, -0.2) is 37.4 Å². The van der Waals surface area contributed by atoms with Crippen LogP contribution in [0.3, 0.4) is 0 Å². The van der Waals surface area contributed by atoms with Gasteiger partial charge >= 0.3 is 118 Å². The standard InChI is InChI=1S/C14H18N5O10P3.4Na/c15-13-12-10(11-3-1-2-4-16-11)7-19(14(12)18-8-17-13)5-6-27-9-30(20,21)28-32(25,26)29-31(22,23)24;;;;/h1-4,7-8H,5-6,9H2,(H,20,21)(H,25,26)(H2,15,17,18)(H2,22,23,24);;;;/q;4*+1/p-3. The van der Waals surface area contributed by atoms with Gasteiger partial charge in [-0.25, -0.2) is 14.3 Å². The van der Waals surface area contributed by atoms with Gasteiger partial charge in [-0.15, -0.1) is 0 Å². The SMILES string of the molecule is Nc1ncnc2c1c(-c1ccccn1)cn2CCOCP(=O)([O-])OP(=O)([O-])OP(=O)([O-])O.[Na+].[Na+].[Na+].[Na+]. The van der Waals surface area contributed by atoms with Crippen molar-refractivity contribution < 1.29 is 165 Å². The number of ether oxygens (including phenoxy) is 1. The van der Waals surface area contributed by atoms with Crippen LogP contribution in [0.25, 0.3) is 22.3 Å². The van der Waals surface area contributed by atoms with Crippen molar-refractivity contribution in [2.24, 2.45) is 0 Å². The molecule has 36 heavy (non-hydrogen) atoms. The van der Waals surface area contributed by atoms with Crippen LogP contribution in [0.15, 0.2) is 36.9 Å². The molecule has 3 unspecified atom stereocenters. The number of phosphoric acid groups is 2. The molecule has 22 heteroatoms. The first-order valence-corrected chi connectivity index (χ1v) is 13.2. The molecule has 0 amide bonds. The van der Waals surface area contributed by atoms with E-state index in [-0.39, 0.29) is 137 Å². The minimum Gasteiger partial charge on any atom is -0.777 e. The normalized spacial score (nSPS) is 15.6. The van der Waals surface area contributed by atoms with Crippen molar-refractivity contribution in [2.75, 3.05) is 18.7 Å². The third kappa shape index (κ3) is 12.2. The molecule has 3 heterocycles. The number of rotatable bonds is 10. The molecular weight excluding hydrogens is 583 g/mol. The summed E-state index contributed by atoms with van der Waals surface area (Å²) in [6.45, 7) is -0.174. The molecule has 3 atom stereocenters. The summed E-state index contributed by atoms with van der Waals surface area (Å²) in [6, 6.07) is 5.27. The van der Waals surface area contributed by atoms with E-state index < -0.39 is 29.6 Å². The first-order chi connectivity index (χ1) is 14.9. The Hall–Kier alpha value is 1.98. The van der Waals surface area contributed by atoms with Crippen molar-refractivity contribution in [2.45, 2.75) is 6.54 Å². The molecule has 0 radical (unpaired) electrons. The summed E-state index contributed by atoms with van der Waals surface area (Å²) in [7, 11) is -16.9. The van der Waals surface area contributed by atoms with E-state index >= 15 is 0 Å². The Balaban J connectivity index is 0. The molecule has 0 fully saturated rings. The Morgan fingerprint density at radius 3 is 2.25 bits per heavy atom. The van der Waals surface area contributed by atoms with Gasteiger partial charge in [0.05, 0.1) is 17.7 Å². The molecule has 3 rings (SSSR count). The van der Waals surface area contributed by atoms with E-state index in [0.29, 0.717) is 22.3 Å².